The number of anilines is 1. The van der Waals surface area contributed by atoms with Crippen LogP contribution in [0.25, 0.3) is 0 Å². The predicted molar refractivity (Wildman–Crippen MR) is 111 cm³/mol. The van der Waals surface area contributed by atoms with Gasteiger partial charge in [0.05, 0.1) is 0 Å². The lowest BCUT2D eigenvalue weighted by Gasteiger charge is -2.37. The van der Waals surface area contributed by atoms with Gasteiger partial charge in [-0.3, -0.25) is 4.79 Å². The van der Waals surface area contributed by atoms with Crippen molar-refractivity contribution in [2.75, 3.05) is 31.1 Å². The van der Waals surface area contributed by atoms with E-state index in [2.05, 4.69) is 4.90 Å². The molecule has 1 saturated heterocycles. The van der Waals surface area contributed by atoms with Crippen molar-refractivity contribution in [3.8, 4) is 5.75 Å². The monoisotopic (exact) mass is 406 g/mol. The van der Waals surface area contributed by atoms with Gasteiger partial charge in [-0.05, 0) is 55.3 Å². The summed E-state index contributed by atoms with van der Waals surface area (Å²) in [5.74, 6) is 0.713. The number of carbonyl (C=O) groups is 1. The molecule has 4 nitrogen and oxygen atoms in total. The number of piperazine rings is 1. The van der Waals surface area contributed by atoms with E-state index in [-0.39, 0.29) is 5.91 Å². The second-order valence-corrected chi connectivity index (χ2v) is 7.56. The van der Waals surface area contributed by atoms with Crippen LogP contribution in [0, 0.1) is 6.92 Å². The molecule has 1 atom stereocenters. The third-order valence-electron chi connectivity index (χ3n) is 4.82. The van der Waals surface area contributed by atoms with E-state index in [0.29, 0.717) is 30.3 Å². The van der Waals surface area contributed by atoms with E-state index in [1.165, 1.54) is 0 Å². The standard InChI is InChI=1S/C21H24Cl2N2O2/c1-3-20(27-18-7-8-19(23)15(2)13-18)21(26)25-11-9-24(10-12-25)17-6-4-5-16(22)14-17/h4-8,13-14,20H,3,9-12H2,1-2H3/t20-/m0/s1. The number of benzene rings is 2. The van der Waals surface area contributed by atoms with Crippen LogP contribution in [0.4, 0.5) is 5.69 Å². The molecular weight excluding hydrogens is 383 g/mol. The predicted octanol–water partition coefficient (Wildman–Crippen LogP) is 4.81. The summed E-state index contributed by atoms with van der Waals surface area (Å²) in [7, 11) is 0. The number of hydrogen-bond donors (Lipinski definition) is 0. The molecule has 0 bridgehead atoms. The minimum Gasteiger partial charge on any atom is -0.481 e. The maximum absolute atomic E-state index is 12.9. The van der Waals surface area contributed by atoms with Gasteiger partial charge in [0.15, 0.2) is 6.10 Å². The molecule has 0 aliphatic carbocycles. The molecule has 0 spiro atoms. The van der Waals surface area contributed by atoms with Crippen molar-refractivity contribution in [2.45, 2.75) is 26.4 Å². The van der Waals surface area contributed by atoms with E-state index < -0.39 is 6.10 Å². The Morgan fingerprint density at radius 1 is 1.11 bits per heavy atom. The summed E-state index contributed by atoms with van der Waals surface area (Å²) in [5.41, 5.74) is 2.03. The summed E-state index contributed by atoms with van der Waals surface area (Å²) >= 11 is 12.2. The lowest BCUT2D eigenvalue weighted by Crippen LogP contribution is -2.52. The van der Waals surface area contributed by atoms with Crippen LogP contribution in [-0.2, 0) is 4.79 Å². The summed E-state index contributed by atoms with van der Waals surface area (Å²) in [4.78, 5) is 17.1. The molecule has 27 heavy (non-hydrogen) atoms. The average Bonchev–Trinajstić information content (AvgIpc) is 2.68. The first-order valence-corrected chi connectivity index (χ1v) is 9.95. The van der Waals surface area contributed by atoms with Crippen molar-refractivity contribution < 1.29 is 9.53 Å². The third kappa shape index (κ3) is 4.88. The molecule has 0 radical (unpaired) electrons. The summed E-state index contributed by atoms with van der Waals surface area (Å²) in [6.07, 6.45) is 0.137. The number of aryl methyl sites for hydroxylation is 1. The molecule has 1 fully saturated rings. The van der Waals surface area contributed by atoms with Crippen molar-refractivity contribution in [1.82, 2.24) is 4.90 Å². The first kappa shape index (κ1) is 19.8. The van der Waals surface area contributed by atoms with Gasteiger partial charge < -0.3 is 14.5 Å². The number of nitrogens with zero attached hydrogens (tertiary/aromatic N) is 2. The van der Waals surface area contributed by atoms with Gasteiger partial charge >= 0.3 is 0 Å². The minimum absolute atomic E-state index is 0.0378. The molecule has 1 aliphatic rings. The Morgan fingerprint density at radius 3 is 2.48 bits per heavy atom. The van der Waals surface area contributed by atoms with Gasteiger partial charge in [0, 0.05) is 41.9 Å². The highest BCUT2D eigenvalue weighted by Gasteiger charge is 2.28. The summed E-state index contributed by atoms with van der Waals surface area (Å²) in [5, 5.41) is 1.42. The van der Waals surface area contributed by atoms with Crippen LogP contribution in [0.2, 0.25) is 10.0 Å². The van der Waals surface area contributed by atoms with E-state index >= 15 is 0 Å². The lowest BCUT2D eigenvalue weighted by molar-refractivity contribution is -0.139. The molecule has 1 heterocycles. The molecule has 0 aromatic heterocycles. The van der Waals surface area contributed by atoms with Gasteiger partial charge in [-0.2, -0.15) is 0 Å². The van der Waals surface area contributed by atoms with Crippen LogP contribution in [0.3, 0.4) is 0 Å². The fourth-order valence-corrected chi connectivity index (χ4v) is 3.53. The largest absolute Gasteiger partial charge is 0.481 e. The second-order valence-electron chi connectivity index (χ2n) is 6.72. The van der Waals surface area contributed by atoms with Crippen LogP contribution in [-0.4, -0.2) is 43.1 Å². The zero-order valence-corrected chi connectivity index (χ0v) is 17.1. The van der Waals surface area contributed by atoms with E-state index in [4.69, 9.17) is 27.9 Å². The zero-order valence-electron chi connectivity index (χ0n) is 15.6. The first-order chi connectivity index (χ1) is 13.0. The minimum atomic E-state index is -0.483. The van der Waals surface area contributed by atoms with Crippen LogP contribution in [0.15, 0.2) is 42.5 Å². The van der Waals surface area contributed by atoms with Crippen LogP contribution in [0.1, 0.15) is 18.9 Å². The van der Waals surface area contributed by atoms with E-state index in [1.54, 1.807) is 6.07 Å². The molecule has 3 rings (SSSR count). The Labute approximate surface area is 170 Å². The summed E-state index contributed by atoms with van der Waals surface area (Å²) in [6, 6.07) is 13.3. The third-order valence-corrected chi connectivity index (χ3v) is 5.48. The van der Waals surface area contributed by atoms with Crippen LogP contribution in [0.5, 0.6) is 5.75 Å². The van der Waals surface area contributed by atoms with Gasteiger partial charge in [0.1, 0.15) is 5.75 Å². The molecule has 144 valence electrons. The average molecular weight is 407 g/mol. The van der Waals surface area contributed by atoms with Crippen LogP contribution < -0.4 is 9.64 Å². The molecular formula is C21H24Cl2N2O2. The normalized spacial score (nSPS) is 15.6. The maximum atomic E-state index is 12.9. The van der Waals surface area contributed by atoms with Gasteiger partial charge in [-0.1, -0.05) is 36.2 Å². The zero-order chi connectivity index (χ0) is 19.4. The Bertz CT molecular complexity index is 805. The van der Waals surface area contributed by atoms with E-state index in [0.717, 1.165) is 29.4 Å². The number of carbonyl (C=O) groups excluding carboxylic acids is 1. The topological polar surface area (TPSA) is 32.8 Å². The number of hydrogen-bond acceptors (Lipinski definition) is 3. The van der Waals surface area contributed by atoms with E-state index in [1.807, 2.05) is 55.1 Å². The SMILES string of the molecule is CC[C@H](Oc1ccc(Cl)c(C)c1)C(=O)N1CCN(c2cccc(Cl)c2)CC1. The van der Waals surface area contributed by atoms with Gasteiger partial charge in [0.2, 0.25) is 0 Å². The molecule has 0 N–H and O–H groups in total. The molecule has 6 heteroatoms. The highest BCUT2D eigenvalue weighted by atomic mass is 35.5. The molecule has 2 aromatic rings. The molecule has 2 aromatic carbocycles. The molecule has 0 unspecified atom stereocenters. The maximum Gasteiger partial charge on any atom is 0.263 e. The van der Waals surface area contributed by atoms with Crippen molar-refractivity contribution in [3.63, 3.8) is 0 Å². The number of amides is 1. The summed E-state index contributed by atoms with van der Waals surface area (Å²) < 4.78 is 5.96. The summed E-state index contributed by atoms with van der Waals surface area (Å²) in [6.45, 7) is 6.79. The fourth-order valence-electron chi connectivity index (χ4n) is 3.22. The quantitative estimate of drug-likeness (QED) is 0.713. The highest BCUT2D eigenvalue weighted by Crippen LogP contribution is 2.24. The first-order valence-electron chi connectivity index (χ1n) is 9.20. The smallest absolute Gasteiger partial charge is 0.263 e. The molecule has 0 saturated carbocycles. The van der Waals surface area contributed by atoms with Gasteiger partial charge in [0.25, 0.3) is 5.91 Å². The van der Waals surface area contributed by atoms with E-state index in [9.17, 15) is 4.79 Å². The van der Waals surface area contributed by atoms with Crippen molar-refractivity contribution in [2.24, 2.45) is 0 Å². The van der Waals surface area contributed by atoms with Crippen molar-refractivity contribution >= 4 is 34.8 Å². The fraction of sp³-hybridized carbons (Fsp3) is 0.381. The Balaban J connectivity index is 1.60. The van der Waals surface area contributed by atoms with Gasteiger partial charge in [-0.25, -0.2) is 0 Å². The second kappa shape index (κ2) is 8.85. The Kier molecular flexibility index (Phi) is 6.51. The van der Waals surface area contributed by atoms with Crippen LogP contribution >= 0.6 is 23.2 Å². The Morgan fingerprint density at radius 2 is 1.85 bits per heavy atom. The van der Waals surface area contributed by atoms with Gasteiger partial charge in [-0.15, -0.1) is 0 Å². The molecule has 1 amide bonds. The van der Waals surface area contributed by atoms with Crippen molar-refractivity contribution in [1.29, 1.82) is 0 Å². The van der Waals surface area contributed by atoms with Crippen molar-refractivity contribution in [3.05, 3.63) is 58.1 Å². The lowest BCUT2D eigenvalue weighted by atomic mass is 10.2. The Hall–Kier alpha value is -1.91. The number of halogens is 2. The molecule has 1 aliphatic heterocycles. The number of rotatable bonds is 5. The highest BCUT2D eigenvalue weighted by molar-refractivity contribution is 6.31. The number of ether oxygens (including phenoxy) is 1.